The lowest BCUT2D eigenvalue weighted by Gasteiger charge is -2.43. The van der Waals surface area contributed by atoms with Crippen LogP contribution in [-0.4, -0.2) is 205 Å². The molecule has 3 fully saturated rings. The summed E-state index contributed by atoms with van der Waals surface area (Å²) in [6, 6.07) is 5.84. The second-order valence-corrected chi connectivity index (χ2v) is 15.6. The van der Waals surface area contributed by atoms with Crippen LogP contribution in [0.15, 0.2) is 34.7 Å². The number of aliphatic carboxylic acids is 2. The molecule has 6 rings (SSSR count). The fraction of sp³-hybridized carbons (Fsp3) is 0.537. The highest BCUT2D eigenvalue weighted by Gasteiger charge is 2.50. The fourth-order valence-electron chi connectivity index (χ4n) is 7.30. The van der Waals surface area contributed by atoms with Crippen LogP contribution in [0.3, 0.4) is 0 Å². The molecule has 374 valence electrons. The third kappa shape index (κ3) is 11.3. The number of carboxylic acids is 2. The number of carbonyl (C=O) groups is 4. The Kier molecular flexibility index (Phi) is 16.3. The normalized spacial score (nSPS) is 31.6. The first-order valence-electron chi connectivity index (χ1n) is 20.4. The summed E-state index contributed by atoms with van der Waals surface area (Å²) in [5.74, 6) is -7.72. The third-order valence-corrected chi connectivity index (χ3v) is 10.8. The number of ether oxygens (including phenoxy) is 10. The maximum Gasteiger partial charge on any atom is 0.402 e. The molecule has 0 saturated carbocycles. The van der Waals surface area contributed by atoms with E-state index < -0.39 is 154 Å². The largest absolute Gasteiger partial charge is 0.507 e. The van der Waals surface area contributed by atoms with Crippen LogP contribution in [-0.2, 0) is 47.6 Å². The molecule has 3 aliphatic rings. The quantitative estimate of drug-likeness (QED) is 0.0366. The van der Waals surface area contributed by atoms with Crippen molar-refractivity contribution in [2.45, 2.75) is 112 Å². The number of carbonyl (C=O) groups excluding carboxylic acids is 2. The van der Waals surface area contributed by atoms with E-state index in [1.165, 1.54) is 39.3 Å². The first-order valence-corrected chi connectivity index (χ1v) is 20.4. The van der Waals surface area contributed by atoms with Crippen molar-refractivity contribution in [3.05, 3.63) is 30.3 Å². The van der Waals surface area contributed by atoms with E-state index in [4.69, 9.17) is 62.0 Å². The molecule has 3 aliphatic heterocycles. The van der Waals surface area contributed by atoms with Crippen LogP contribution in [0.4, 0.5) is 0 Å². The van der Waals surface area contributed by atoms with Crippen LogP contribution >= 0.6 is 0 Å². The average Bonchev–Trinajstić information content (AvgIpc) is 3.28. The van der Waals surface area contributed by atoms with Crippen LogP contribution in [0.5, 0.6) is 34.5 Å². The Balaban J connectivity index is 1.32. The van der Waals surface area contributed by atoms with Gasteiger partial charge in [-0.25, -0.2) is 4.42 Å². The third-order valence-electron chi connectivity index (χ3n) is 10.8. The molecule has 0 spiro atoms. The number of aliphatic hydroxyl groups is 8. The van der Waals surface area contributed by atoms with Crippen LogP contribution in [0.1, 0.15) is 19.8 Å². The summed E-state index contributed by atoms with van der Waals surface area (Å²) >= 11 is 0. The lowest BCUT2D eigenvalue weighted by Crippen LogP contribution is -2.62. The van der Waals surface area contributed by atoms with Crippen molar-refractivity contribution in [1.82, 2.24) is 0 Å². The summed E-state index contributed by atoms with van der Waals surface area (Å²) in [5, 5.41) is 126. The lowest BCUT2D eigenvalue weighted by atomic mass is 9.98. The van der Waals surface area contributed by atoms with Gasteiger partial charge in [-0.3, -0.25) is 19.2 Å². The van der Waals surface area contributed by atoms with Crippen molar-refractivity contribution in [2.75, 3.05) is 27.4 Å². The maximum absolute atomic E-state index is 12.0. The highest BCUT2D eigenvalue weighted by Crippen LogP contribution is 2.46. The van der Waals surface area contributed by atoms with E-state index in [0.29, 0.717) is 0 Å². The van der Waals surface area contributed by atoms with E-state index in [0.717, 1.165) is 12.1 Å². The molecule has 3 aromatic rings. The lowest BCUT2D eigenvalue weighted by molar-refractivity contribution is -0.319. The maximum atomic E-state index is 12.0. The number of phenols is 2. The van der Waals surface area contributed by atoms with Crippen LogP contribution in [0.25, 0.3) is 22.3 Å². The highest BCUT2D eigenvalue weighted by molar-refractivity contribution is 5.91. The second kappa shape index (κ2) is 21.6. The topological polar surface area (TPSA) is 415 Å². The van der Waals surface area contributed by atoms with Crippen LogP contribution in [0, 0.1) is 0 Å². The van der Waals surface area contributed by atoms with Gasteiger partial charge < -0.3 is 109 Å². The predicted octanol–water partition coefficient (Wildman–Crippen LogP) is -2.93. The smallest absolute Gasteiger partial charge is 0.402 e. The second-order valence-electron chi connectivity index (χ2n) is 15.6. The van der Waals surface area contributed by atoms with Crippen molar-refractivity contribution < 1.29 is 132 Å². The molecule has 27 nitrogen and oxygen atoms in total. The number of rotatable bonds is 17. The molecule has 1 aromatic heterocycles. The van der Waals surface area contributed by atoms with E-state index in [9.17, 15) is 70.2 Å². The number of carboxylic acid groups (broad SMARTS) is 2. The summed E-state index contributed by atoms with van der Waals surface area (Å²) in [4.78, 5) is 45.7. The summed E-state index contributed by atoms with van der Waals surface area (Å²) in [6.07, 6.45) is -29.2. The Morgan fingerprint density at radius 3 is 1.69 bits per heavy atom. The monoisotopic (exact) mass is 973 g/mol. The van der Waals surface area contributed by atoms with Gasteiger partial charge >= 0.3 is 35.2 Å². The predicted molar refractivity (Wildman–Crippen MR) is 215 cm³/mol. The number of methoxy groups -OCH3 is 2. The molecule has 3 saturated heterocycles. The van der Waals surface area contributed by atoms with E-state index in [-0.39, 0.29) is 45.3 Å². The SMILES string of the molecule is COc1cc(-c2[o+]c3cc(O)cc(O[C@@H]4O[C@H](COC(=O)CC(=O)O)[C@@H](O)[C@H](O)[C@H]4O)c3cc2O[C@@H]2O[C@H](CO[C@@H]3O[C@@H](C)[C@H](OC(=O)CC(=O)O)[C@H](O)[C@@H]3O)[C@@H](O)[C@H](O)[C@H]2O)cc(OC)c1O. The number of phenolic OH excluding ortho intramolecular Hbond substituents is 2. The Bertz CT molecular complexity index is 2280. The minimum Gasteiger partial charge on any atom is -0.507 e. The number of hydrogen-bond acceptors (Lipinski definition) is 24. The van der Waals surface area contributed by atoms with Gasteiger partial charge in [0.05, 0.1) is 38.6 Å². The number of esters is 2. The van der Waals surface area contributed by atoms with Crippen molar-refractivity contribution in [2.24, 2.45) is 0 Å². The molecular weight excluding hydrogens is 924 g/mol. The molecule has 15 atom stereocenters. The highest BCUT2D eigenvalue weighted by atomic mass is 16.7. The standard InChI is InChI=1S/C41H48O27/c1-13-37(68-27(48)10-25(45)46)33(54)36(57)39(62-13)61-12-23-30(51)32(53)35(56)41(67-23)65-21-8-16-17(63-38(21)14-4-19(58-2)28(49)20(5-14)59-3)6-15(42)7-18(16)64-40-34(55)31(52)29(50)22(66-40)11-60-26(47)9-24(43)44/h4-8,13,22-23,29-37,39-41,50-57H,9-12H2,1-3H3,(H3-,42,43,44,45,46,49)/p+1/t13-,22+,23+,29+,30+,31-,32-,33+,34+,35+,36-,37-,39+,40+,41+/m0/s1. The van der Waals surface area contributed by atoms with Gasteiger partial charge in [0.1, 0.15) is 97.4 Å². The Morgan fingerprint density at radius 1 is 0.603 bits per heavy atom. The molecule has 0 bridgehead atoms. The zero-order valence-corrected chi connectivity index (χ0v) is 35.9. The summed E-state index contributed by atoms with van der Waals surface area (Å²) in [6.45, 7) is -0.213. The van der Waals surface area contributed by atoms with E-state index in [1.807, 2.05) is 0 Å². The van der Waals surface area contributed by atoms with Crippen molar-refractivity contribution in [3.63, 3.8) is 0 Å². The van der Waals surface area contributed by atoms with E-state index in [2.05, 4.69) is 0 Å². The summed E-state index contributed by atoms with van der Waals surface area (Å²) < 4.78 is 61.3. The number of aromatic hydroxyl groups is 2. The average molecular weight is 974 g/mol. The Labute approximate surface area is 382 Å². The van der Waals surface area contributed by atoms with Gasteiger partial charge in [-0.1, -0.05) is 0 Å². The zero-order chi connectivity index (χ0) is 49.9. The molecule has 4 heterocycles. The van der Waals surface area contributed by atoms with Crippen molar-refractivity contribution >= 4 is 34.8 Å². The summed E-state index contributed by atoms with van der Waals surface area (Å²) in [7, 11) is 2.46. The number of aliphatic hydroxyl groups excluding tert-OH is 8. The minimum absolute atomic E-state index is 0.0384. The Hall–Kier alpha value is -5.95. The molecule has 68 heavy (non-hydrogen) atoms. The molecule has 27 heteroatoms. The number of fused-ring (bicyclic) bond motifs is 1. The van der Waals surface area contributed by atoms with Crippen LogP contribution < -0.4 is 18.9 Å². The number of benzene rings is 2. The fourth-order valence-corrected chi connectivity index (χ4v) is 7.30. The van der Waals surface area contributed by atoms with Gasteiger partial charge in [0.25, 0.3) is 0 Å². The van der Waals surface area contributed by atoms with Crippen molar-refractivity contribution in [1.29, 1.82) is 0 Å². The molecule has 0 radical (unpaired) electrons. The van der Waals surface area contributed by atoms with E-state index in [1.54, 1.807) is 0 Å². The van der Waals surface area contributed by atoms with E-state index >= 15 is 0 Å². The minimum atomic E-state index is -2.05. The number of hydrogen-bond donors (Lipinski definition) is 12. The van der Waals surface area contributed by atoms with Gasteiger partial charge in [-0.15, -0.1) is 0 Å². The van der Waals surface area contributed by atoms with Crippen LogP contribution in [0.2, 0.25) is 0 Å². The molecule has 0 aliphatic carbocycles. The van der Waals surface area contributed by atoms with Gasteiger partial charge in [0.15, 0.2) is 23.9 Å². The molecular formula is C41H49O27+. The first-order chi connectivity index (χ1) is 32.1. The molecule has 0 amide bonds. The van der Waals surface area contributed by atoms with Gasteiger partial charge in [-0.05, 0) is 6.92 Å². The molecule has 2 aromatic carbocycles. The first kappa shape index (κ1) is 51.4. The van der Waals surface area contributed by atoms with Gasteiger partial charge in [0, 0.05) is 24.3 Å². The van der Waals surface area contributed by atoms with Gasteiger partial charge in [0.2, 0.25) is 24.1 Å². The summed E-state index contributed by atoms with van der Waals surface area (Å²) in [5.41, 5.74) is -0.164. The zero-order valence-electron chi connectivity index (χ0n) is 35.9. The van der Waals surface area contributed by atoms with Crippen molar-refractivity contribution in [3.8, 4) is 45.8 Å². The van der Waals surface area contributed by atoms with Gasteiger partial charge in [-0.2, -0.15) is 0 Å². The molecule has 12 N–H and O–H groups in total. The molecule has 0 unspecified atom stereocenters. The Morgan fingerprint density at radius 2 is 1.13 bits per heavy atom.